The number of carbonyl (C=O) groups is 1. The van der Waals surface area contributed by atoms with Crippen molar-refractivity contribution in [3.8, 4) is 11.8 Å². The summed E-state index contributed by atoms with van der Waals surface area (Å²) in [6.07, 6.45) is 7.68. The molecule has 186 valence electrons. The summed E-state index contributed by atoms with van der Waals surface area (Å²) in [6, 6.07) is 8.77. The van der Waals surface area contributed by atoms with Gasteiger partial charge in [0.1, 0.15) is 5.75 Å². The van der Waals surface area contributed by atoms with Gasteiger partial charge < -0.3 is 15.2 Å². The molecule has 3 aliphatic carbocycles. The standard InChI is InChI=1S/C28H35N3O3S/c1-17-16-30-26(35-17)31-24(32)9-5-19-15-28(33,12-13-29)27(2)11-10-22-21-8-6-20(34-3)14-18(21)4-7-23(22)25(19)27/h6,8,14,16,19,22-23,25,33H,4-5,7,9-12,15H2,1-3H3,(H,30,31,32)/t19?,22?,23?,25?,27-,28-/m0/s1. The van der Waals surface area contributed by atoms with Gasteiger partial charge in [-0.05, 0) is 92.4 Å². The van der Waals surface area contributed by atoms with Gasteiger partial charge in [-0.3, -0.25) is 4.79 Å². The van der Waals surface area contributed by atoms with Crippen LogP contribution in [-0.2, 0) is 11.2 Å². The predicted octanol–water partition coefficient (Wildman–Crippen LogP) is 5.61. The molecule has 35 heavy (non-hydrogen) atoms. The Morgan fingerprint density at radius 3 is 2.94 bits per heavy atom. The van der Waals surface area contributed by atoms with E-state index in [1.165, 1.54) is 22.5 Å². The molecular formula is C28H35N3O3S. The number of nitrogens with zero attached hydrogens (tertiary/aromatic N) is 2. The van der Waals surface area contributed by atoms with Gasteiger partial charge >= 0.3 is 0 Å². The van der Waals surface area contributed by atoms with Crippen molar-refractivity contribution in [3.63, 3.8) is 0 Å². The van der Waals surface area contributed by atoms with Gasteiger partial charge in [0.2, 0.25) is 5.91 Å². The van der Waals surface area contributed by atoms with Crippen molar-refractivity contribution in [1.29, 1.82) is 5.26 Å². The number of methoxy groups -OCH3 is 1. The van der Waals surface area contributed by atoms with E-state index in [9.17, 15) is 15.2 Å². The first-order valence-corrected chi connectivity index (χ1v) is 13.6. The minimum Gasteiger partial charge on any atom is -0.497 e. The van der Waals surface area contributed by atoms with Gasteiger partial charge in [-0.2, -0.15) is 5.26 Å². The first-order chi connectivity index (χ1) is 16.8. The maximum absolute atomic E-state index is 12.7. The highest BCUT2D eigenvalue weighted by Gasteiger charge is 2.64. The molecule has 1 amide bonds. The van der Waals surface area contributed by atoms with Crippen molar-refractivity contribution in [2.24, 2.45) is 23.2 Å². The molecular weight excluding hydrogens is 458 g/mol. The van der Waals surface area contributed by atoms with Gasteiger partial charge in [-0.1, -0.05) is 13.0 Å². The number of rotatable bonds is 6. The monoisotopic (exact) mass is 493 g/mol. The zero-order valence-corrected chi connectivity index (χ0v) is 21.7. The van der Waals surface area contributed by atoms with Gasteiger partial charge in [-0.25, -0.2) is 4.98 Å². The topological polar surface area (TPSA) is 95.2 Å². The third-order valence-electron chi connectivity index (χ3n) is 9.34. The molecule has 0 bridgehead atoms. The van der Waals surface area contributed by atoms with Crippen LogP contribution < -0.4 is 10.1 Å². The number of ether oxygens (including phenoxy) is 1. The molecule has 0 radical (unpaired) electrons. The number of thiazole rings is 1. The number of nitriles is 1. The second-order valence-electron chi connectivity index (χ2n) is 11.0. The lowest BCUT2D eigenvalue weighted by Gasteiger charge is -2.53. The van der Waals surface area contributed by atoms with E-state index in [1.54, 1.807) is 13.3 Å². The van der Waals surface area contributed by atoms with E-state index in [2.05, 4.69) is 41.5 Å². The van der Waals surface area contributed by atoms with Crippen molar-refractivity contribution in [2.45, 2.75) is 76.7 Å². The maximum atomic E-state index is 12.7. The van der Waals surface area contributed by atoms with E-state index in [0.717, 1.165) is 42.7 Å². The normalized spacial score (nSPS) is 33.2. The number of aliphatic hydroxyl groups is 1. The Morgan fingerprint density at radius 2 is 2.23 bits per heavy atom. The quantitative estimate of drug-likeness (QED) is 0.546. The minimum atomic E-state index is -0.995. The summed E-state index contributed by atoms with van der Waals surface area (Å²) >= 11 is 1.48. The average Bonchev–Trinajstić information content (AvgIpc) is 3.34. The number of aryl methyl sites for hydroxylation is 2. The second kappa shape index (κ2) is 9.22. The Balaban J connectivity index is 1.39. The lowest BCUT2D eigenvalue weighted by Crippen LogP contribution is -2.51. The molecule has 0 aliphatic heterocycles. The van der Waals surface area contributed by atoms with Crippen LogP contribution in [0.3, 0.4) is 0 Å². The summed E-state index contributed by atoms with van der Waals surface area (Å²) in [4.78, 5) is 18.1. The highest BCUT2D eigenvalue weighted by molar-refractivity contribution is 7.15. The molecule has 2 aromatic rings. The lowest BCUT2D eigenvalue weighted by molar-refractivity contribution is -0.116. The number of benzene rings is 1. The summed E-state index contributed by atoms with van der Waals surface area (Å²) in [5.41, 5.74) is 1.51. The number of amides is 1. The number of fused-ring (bicyclic) bond motifs is 5. The summed E-state index contributed by atoms with van der Waals surface area (Å²) < 4.78 is 5.47. The Kier molecular flexibility index (Phi) is 6.39. The largest absolute Gasteiger partial charge is 0.497 e. The van der Waals surface area contributed by atoms with Crippen molar-refractivity contribution in [1.82, 2.24) is 4.98 Å². The van der Waals surface area contributed by atoms with Gasteiger partial charge in [0.15, 0.2) is 5.13 Å². The summed E-state index contributed by atoms with van der Waals surface area (Å²) in [5, 5.41) is 25.0. The van der Waals surface area contributed by atoms with Gasteiger partial charge in [0.25, 0.3) is 0 Å². The summed E-state index contributed by atoms with van der Waals surface area (Å²) in [5.74, 6) is 2.31. The third-order valence-corrected chi connectivity index (χ3v) is 10.2. The van der Waals surface area contributed by atoms with E-state index >= 15 is 0 Å². The number of carbonyl (C=O) groups excluding carboxylic acids is 1. The van der Waals surface area contributed by atoms with Crippen molar-refractivity contribution in [3.05, 3.63) is 40.4 Å². The molecule has 7 heteroatoms. The van der Waals surface area contributed by atoms with Gasteiger partial charge in [-0.15, -0.1) is 11.3 Å². The predicted molar refractivity (Wildman–Crippen MR) is 136 cm³/mol. The molecule has 6 atom stereocenters. The highest BCUT2D eigenvalue weighted by atomic mass is 32.1. The first-order valence-electron chi connectivity index (χ1n) is 12.8. The molecule has 2 saturated carbocycles. The number of hydrogen-bond acceptors (Lipinski definition) is 6. The van der Waals surface area contributed by atoms with Crippen LogP contribution >= 0.6 is 11.3 Å². The number of aromatic nitrogens is 1. The second-order valence-corrected chi connectivity index (χ2v) is 12.3. The zero-order valence-electron chi connectivity index (χ0n) is 20.8. The molecule has 4 unspecified atom stereocenters. The highest BCUT2D eigenvalue weighted by Crippen LogP contribution is 2.67. The average molecular weight is 494 g/mol. The molecule has 1 heterocycles. The molecule has 3 aliphatic rings. The van der Waals surface area contributed by atoms with Gasteiger partial charge in [0, 0.05) is 22.9 Å². The van der Waals surface area contributed by atoms with E-state index in [1.807, 2.05) is 6.92 Å². The van der Waals surface area contributed by atoms with Gasteiger partial charge in [0.05, 0.1) is 25.2 Å². The van der Waals surface area contributed by atoms with E-state index in [0.29, 0.717) is 35.7 Å². The van der Waals surface area contributed by atoms with E-state index in [-0.39, 0.29) is 23.7 Å². The molecule has 0 saturated heterocycles. The molecule has 0 spiro atoms. The van der Waals surface area contributed by atoms with E-state index in [4.69, 9.17) is 4.74 Å². The number of nitrogens with one attached hydrogen (secondary N) is 1. The van der Waals surface area contributed by atoms with Crippen molar-refractivity contribution < 1.29 is 14.6 Å². The fourth-order valence-corrected chi connectivity index (χ4v) is 8.42. The smallest absolute Gasteiger partial charge is 0.226 e. The van der Waals surface area contributed by atoms with Crippen LogP contribution in [0.4, 0.5) is 5.13 Å². The Bertz CT molecular complexity index is 1160. The van der Waals surface area contributed by atoms with Crippen LogP contribution in [0.5, 0.6) is 5.75 Å². The molecule has 2 fully saturated rings. The fourth-order valence-electron chi connectivity index (χ4n) is 7.74. The number of anilines is 1. The molecule has 5 rings (SSSR count). The lowest BCUT2D eigenvalue weighted by atomic mass is 9.52. The molecule has 6 nitrogen and oxygen atoms in total. The number of hydrogen-bond donors (Lipinski definition) is 2. The van der Waals surface area contributed by atoms with Crippen LogP contribution in [-0.4, -0.2) is 28.7 Å². The Labute approximate surface area is 211 Å². The van der Waals surface area contributed by atoms with Crippen molar-refractivity contribution >= 4 is 22.4 Å². The SMILES string of the molecule is COc1ccc2c(c1)CCC1C2CC[C@@]2(C)C1C(CCC(=O)Nc1ncc(C)s1)C[C@@]2(O)CC#N. The molecule has 1 aromatic carbocycles. The zero-order chi connectivity index (χ0) is 24.8. The Morgan fingerprint density at radius 1 is 1.40 bits per heavy atom. The minimum absolute atomic E-state index is 0.0229. The van der Waals surface area contributed by atoms with Crippen LogP contribution in [0.25, 0.3) is 0 Å². The Hall–Kier alpha value is -2.43. The van der Waals surface area contributed by atoms with Crippen LogP contribution in [0.1, 0.15) is 73.8 Å². The van der Waals surface area contributed by atoms with Crippen LogP contribution in [0.15, 0.2) is 24.4 Å². The van der Waals surface area contributed by atoms with Crippen molar-refractivity contribution in [2.75, 3.05) is 12.4 Å². The molecule has 2 N–H and O–H groups in total. The van der Waals surface area contributed by atoms with Crippen LogP contribution in [0, 0.1) is 41.4 Å². The third kappa shape index (κ3) is 4.15. The maximum Gasteiger partial charge on any atom is 0.226 e. The summed E-state index contributed by atoms with van der Waals surface area (Å²) in [6.45, 7) is 4.19. The fraction of sp³-hybridized carbons (Fsp3) is 0.607. The summed E-state index contributed by atoms with van der Waals surface area (Å²) in [7, 11) is 1.71. The first kappa shape index (κ1) is 24.3. The van der Waals surface area contributed by atoms with Crippen LogP contribution in [0.2, 0.25) is 0 Å². The van der Waals surface area contributed by atoms with E-state index < -0.39 is 5.60 Å². The molecule has 1 aromatic heterocycles.